The molecule has 0 aliphatic rings. The zero-order valence-corrected chi connectivity index (χ0v) is 17.5. The lowest BCUT2D eigenvalue weighted by Crippen LogP contribution is -2.30. The van der Waals surface area contributed by atoms with E-state index in [0.29, 0.717) is 30.4 Å². The molecule has 1 heterocycles. The van der Waals surface area contributed by atoms with E-state index in [1.807, 2.05) is 13.8 Å². The summed E-state index contributed by atoms with van der Waals surface area (Å²) in [6.07, 6.45) is 2.14. The Morgan fingerprint density at radius 1 is 1.10 bits per heavy atom. The maximum Gasteiger partial charge on any atom is 0.339 e. The molecule has 2 aromatic rings. The molecule has 2 rings (SSSR count). The predicted molar refractivity (Wildman–Crippen MR) is 111 cm³/mol. The number of amides is 1. The molecule has 0 fully saturated rings. The highest BCUT2D eigenvalue weighted by molar-refractivity contribution is 6.32. The molecule has 0 spiro atoms. The Kier molecular flexibility index (Phi) is 8.73. The third kappa shape index (κ3) is 6.64. The molecular weight excluding hydrogens is 396 g/mol. The molecule has 0 radical (unpaired) electrons. The van der Waals surface area contributed by atoms with Crippen LogP contribution in [-0.4, -0.2) is 36.2 Å². The zero-order valence-electron chi connectivity index (χ0n) is 16.7. The molecule has 0 aliphatic carbocycles. The van der Waals surface area contributed by atoms with Gasteiger partial charge < -0.3 is 19.5 Å². The Morgan fingerprint density at radius 3 is 2.45 bits per heavy atom. The Hall–Kier alpha value is -2.80. The minimum atomic E-state index is -1.03. The van der Waals surface area contributed by atoms with Crippen molar-refractivity contribution in [1.82, 2.24) is 4.98 Å². The molecular formula is C21H25ClN2O5. The van der Waals surface area contributed by atoms with Crippen molar-refractivity contribution >= 4 is 29.2 Å². The first-order valence-corrected chi connectivity index (χ1v) is 9.86. The average Bonchev–Trinajstić information content (AvgIpc) is 2.72. The van der Waals surface area contributed by atoms with Gasteiger partial charge in [0.1, 0.15) is 0 Å². The standard InChI is InChI=1S/C21H25ClN2O5/c1-4-11-27-17-9-8-15(13-18(17)28-12-5-2)21(26)29-14(3)20(25)24-16-7-6-10-23-19(16)22/h6-10,13-14H,4-5,11-12H2,1-3H3,(H,24,25)/t14-/m0/s1. The van der Waals surface area contributed by atoms with Crippen molar-refractivity contribution in [3.63, 3.8) is 0 Å². The van der Waals surface area contributed by atoms with E-state index in [9.17, 15) is 9.59 Å². The molecule has 7 nitrogen and oxygen atoms in total. The van der Waals surface area contributed by atoms with Gasteiger partial charge in [-0.3, -0.25) is 4.79 Å². The molecule has 0 aliphatic heterocycles. The van der Waals surface area contributed by atoms with Crippen LogP contribution in [0.4, 0.5) is 5.69 Å². The van der Waals surface area contributed by atoms with E-state index < -0.39 is 18.0 Å². The van der Waals surface area contributed by atoms with Crippen molar-refractivity contribution in [3.05, 3.63) is 47.2 Å². The molecule has 1 amide bonds. The predicted octanol–water partition coefficient (Wildman–Crippen LogP) is 4.50. The summed E-state index contributed by atoms with van der Waals surface area (Å²) >= 11 is 5.93. The van der Waals surface area contributed by atoms with E-state index >= 15 is 0 Å². The van der Waals surface area contributed by atoms with Gasteiger partial charge in [-0.15, -0.1) is 0 Å². The number of aromatic nitrogens is 1. The summed E-state index contributed by atoms with van der Waals surface area (Å²) in [6.45, 7) is 6.50. The topological polar surface area (TPSA) is 86.8 Å². The second-order valence-electron chi connectivity index (χ2n) is 6.24. The van der Waals surface area contributed by atoms with Crippen molar-refractivity contribution in [2.45, 2.75) is 39.7 Å². The lowest BCUT2D eigenvalue weighted by atomic mass is 10.2. The van der Waals surface area contributed by atoms with Crippen LogP contribution >= 0.6 is 11.6 Å². The fraction of sp³-hybridized carbons (Fsp3) is 0.381. The number of benzene rings is 1. The number of nitrogens with zero attached hydrogens (tertiary/aromatic N) is 1. The summed E-state index contributed by atoms with van der Waals surface area (Å²) in [4.78, 5) is 28.7. The number of nitrogens with one attached hydrogen (secondary N) is 1. The molecule has 1 N–H and O–H groups in total. The quantitative estimate of drug-likeness (QED) is 0.450. The smallest absolute Gasteiger partial charge is 0.339 e. The average molecular weight is 421 g/mol. The normalized spacial score (nSPS) is 11.4. The van der Waals surface area contributed by atoms with Crippen LogP contribution in [0.2, 0.25) is 5.15 Å². The van der Waals surface area contributed by atoms with Gasteiger partial charge in [-0.2, -0.15) is 0 Å². The molecule has 29 heavy (non-hydrogen) atoms. The third-order valence-corrected chi connectivity index (χ3v) is 4.07. The molecule has 1 aromatic heterocycles. The van der Waals surface area contributed by atoms with E-state index in [0.717, 1.165) is 12.8 Å². The second kappa shape index (κ2) is 11.3. The van der Waals surface area contributed by atoms with Gasteiger partial charge in [0.2, 0.25) is 0 Å². The number of esters is 1. The Balaban J connectivity index is 2.06. The van der Waals surface area contributed by atoms with Crippen molar-refractivity contribution in [2.75, 3.05) is 18.5 Å². The van der Waals surface area contributed by atoms with Crippen molar-refractivity contribution in [2.24, 2.45) is 0 Å². The van der Waals surface area contributed by atoms with Gasteiger partial charge >= 0.3 is 5.97 Å². The van der Waals surface area contributed by atoms with E-state index in [1.54, 1.807) is 30.3 Å². The first-order valence-electron chi connectivity index (χ1n) is 9.48. The fourth-order valence-corrected chi connectivity index (χ4v) is 2.45. The van der Waals surface area contributed by atoms with Crippen LogP contribution in [0.1, 0.15) is 44.0 Å². The summed E-state index contributed by atoms with van der Waals surface area (Å²) < 4.78 is 16.6. The Bertz CT molecular complexity index is 844. The molecule has 0 bridgehead atoms. The summed E-state index contributed by atoms with van der Waals surface area (Å²) in [5, 5.41) is 2.74. The van der Waals surface area contributed by atoms with Gasteiger partial charge in [-0.1, -0.05) is 25.4 Å². The highest BCUT2D eigenvalue weighted by Crippen LogP contribution is 2.29. The largest absolute Gasteiger partial charge is 0.490 e. The van der Waals surface area contributed by atoms with Crippen LogP contribution in [0, 0.1) is 0 Å². The Morgan fingerprint density at radius 2 is 1.79 bits per heavy atom. The van der Waals surface area contributed by atoms with Gasteiger partial charge in [-0.25, -0.2) is 9.78 Å². The summed E-state index contributed by atoms with van der Waals surface area (Å²) in [5.41, 5.74) is 0.605. The lowest BCUT2D eigenvalue weighted by molar-refractivity contribution is -0.123. The van der Waals surface area contributed by atoms with E-state index in [4.69, 9.17) is 25.8 Å². The van der Waals surface area contributed by atoms with Crippen LogP contribution in [0.15, 0.2) is 36.5 Å². The highest BCUT2D eigenvalue weighted by atomic mass is 35.5. The SMILES string of the molecule is CCCOc1ccc(C(=O)O[C@@H](C)C(=O)Nc2cccnc2Cl)cc1OCCC. The number of ether oxygens (including phenoxy) is 3. The summed E-state index contributed by atoms with van der Waals surface area (Å²) in [6, 6.07) is 8.05. The second-order valence-corrected chi connectivity index (χ2v) is 6.60. The van der Waals surface area contributed by atoms with Gasteiger partial charge in [0.05, 0.1) is 24.5 Å². The Labute approximate surface area is 175 Å². The maximum absolute atomic E-state index is 12.5. The van der Waals surface area contributed by atoms with Gasteiger partial charge in [0, 0.05) is 6.20 Å². The van der Waals surface area contributed by atoms with Crippen LogP contribution in [0.25, 0.3) is 0 Å². The summed E-state index contributed by atoms with van der Waals surface area (Å²) in [5.74, 6) is -0.130. The zero-order chi connectivity index (χ0) is 21.2. The van der Waals surface area contributed by atoms with Crippen molar-refractivity contribution < 1.29 is 23.8 Å². The van der Waals surface area contributed by atoms with Gasteiger partial charge in [0.25, 0.3) is 5.91 Å². The molecule has 156 valence electrons. The third-order valence-electron chi connectivity index (χ3n) is 3.77. The first-order chi connectivity index (χ1) is 14.0. The molecule has 8 heteroatoms. The monoisotopic (exact) mass is 420 g/mol. The molecule has 0 unspecified atom stereocenters. The molecule has 0 saturated carbocycles. The van der Waals surface area contributed by atoms with Crippen LogP contribution in [0.5, 0.6) is 11.5 Å². The van der Waals surface area contributed by atoms with Gasteiger partial charge in [0.15, 0.2) is 22.8 Å². The highest BCUT2D eigenvalue weighted by Gasteiger charge is 2.21. The van der Waals surface area contributed by atoms with Crippen LogP contribution < -0.4 is 14.8 Å². The molecule has 0 saturated heterocycles. The first kappa shape index (κ1) is 22.5. The van der Waals surface area contributed by atoms with Crippen LogP contribution in [-0.2, 0) is 9.53 Å². The maximum atomic E-state index is 12.5. The number of hydrogen-bond acceptors (Lipinski definition) is 6. The van der Waals surface area contributed by atoms with Crippen molar-refractivity contribution in [3.8, 4) is 11.5 Å². The fourth-order valence-electron chi connectivity index (χ4n) is 2.29. The number of pyridine rings is 1. The lowest BCUT2D eigenvalue weighted by Gasteiger charge is -2.16. The van der Waals surface area contributed by atoms with Crippen LogP contribution in [0.3, 0.4) is 0 Å². The van der Waals surface area contributed by atoms with E-state index in [2.05, 4.69) is 10.3 Å². The molecule has 1 aromatic carbocycles. The number of rotatable bonds is 10. The van der Waals surface area contributed by atoms with Crippen molar-refractivity contribution in [1.29, 1.82) is 0 Å². The van der Waals surface area contributed by atoms with Gasteiger partial charge in [-0.05, 0) is 50.1 Å². The van der Waals surface area contributed by atoms with E-state index in [1.165, 1.54) is 13.1 Å². The number of anilines is 1. The molecule has 1 atom stereocenters. The van der Waals surface area contributed by atoms with E-state index in [-0.39, 0.29) is 10.7 Å². The summed E-state index contributed by atoms with van der Waals surface area (Å²) in [7, 11) is 0. The number of carbonyl (C=O) groups is 2. The number of hydrogen-bond donors (Lipinski definition) is 1. The number of halogens is 1. The number of carbonyl (C=O) groups excluding carboxylic acids is 2. The minimum absolute atomic E-state index is 0.153. The minimum Gasteiger partial charge on any atom is -0.490 e.